The number of esters is 1. The Labute approximate surface area is 155 Å². The van der Waals surface area contributed by atoms with E-state index in [-0.39, 0.29) is 18.3 Å². The Kier molecular flexibility index (Phi) is 8.96. The molecule has 1 amide bonds. The number of ether oxygens (including phenoxy) is 1. The summed E-state index contributed by atoms with van der Waals surface area (Å²) in [4.78, 5) is 28.3. The Balaban J connectivity index is 1.80. The zero-order valence-corrected chi connectivity index (χ0v) is 15.7. The van der Waals surface area contributed by atoms with E-state index in [0.717, 1.165) is 19.4 Å². The van der Waals surface area contributed by atoms with E-state index >= 15 is 0 Å². The molecule has 1 aromatic rings. The summed E-state index contributed by atoms with van der Waals surface area (Å²) in [7, 11) is 0. The topological polar surface area (TPSA) is 63.0 Å². The molecule has 2 rings (SSSR count). The number of carbonyl (C=O) groups is 2. The number of unbranched alkanes of at least 4 members (excludes halogenated alkanes) is 1. The summed E-state index contributed by atoms with van der Waals surface area (Å²) in [6.07, 6.45) is 9.53. The fourth-order valence-corrected chi connectivity index (χ4v) is 3.08. The van der Waals surface area contributed by atoms with Gasteiger partial charge in [0, 0.05) is 19.2 Å². The van der Waals surface area contributed by atoms with Crippen molar-refractivity contribution in [2.24, 2.45) is 0 Å². The van der Waals surface area contributed by atoms with Crippen LogP contribution in [0.25, 0.3) is 6.08 Å². The fourth-order valence-electron chi connectivity index (χ4n) is 3.08. The second kappa shape index (κ2) is 11.5. The Morgan fingerprint density at radius 3 is 2.77 bits per heavy atom. The lowest BCUT2D eigenvalue weighted by molar-refractivity contribution is -0.143. The van der Waals surface area contributed by atoms with Gasteiger partial charge in [0.15, 0.2) is 0 Å². The molecule has 144 valence electrons. The van der Waals surface area contributed by atoms with Gasteiger partial charge in [-0.1, -0.05) is 0 Å². The van der Waals surface area contributed by atoms with Gasteiger partial charge in [-0.25, -0.2) is 0 Å². The van der Waals surface area contributed by atoms with Crippen molar-refractivity contribution in [3.63, 3.8) is 0 Å². The van der Waals surface area contributed by atoms with Crippen molar-refractivity contribution in [2.75, 3.05) is 39.3 Å². The van der Waals surface area contributed by atoms with E-state index in [1.54, 1.807) is 36.3 Å². The monoisotopic (exact) mass is 362 g/mol. The maximum absolute atomic E-state index is 12.5. The summed E-state index contributed by atoms with van der Waals surface area (Å²) in [5, 5.41) is 0. The predicted molar refractivity (Wildman–Crippen MR) is 100 cm³/mol. The minimum Gasteiger partial charge on any atom is -0.466 e. The normalized spacial score (nSPS) is 14.8. The van der Waals surface area contributed by atoms with Gasteiger partial charge in [0.25, 0.3) is 0 Å². The molecule has 0 aromatic carbocycles. The Morgan fingerprint density at radius 2 is 2.08 bits per heavy atom. The highest BCUT2D eigenvalue weighted by molar-refractivity contribution is 5.91. The molecule has 1 fully saturated rings. The third-order valence-electron chi connectivity index (χ3n) is 4.49. The van der Waals surface area contributed by atoms with Gasteiger partial charge in [0.2, 0.25) is 5.91 Å². The lowest BCUT2D eigenvalue weighted by Crippen LogP contribution is -2.33. The largest absolute Gasteiger partial charge is 0.466 e. The highest BCUT2D eigenvalue weighted by atomic mass is 16.5. The highest BCUT2D eigenvalue weighted by Crippen LogP contribution is 2.09. The molecule has 1 aliphatic rings. The molecule has 2 heterocycles. The van der Waals surface area contributed by atoms with Crippen molar-refractivity contribution >= 4 is 18.0 Å². The van der Waals surface area contributed by atoms with Crippen LogP contribution in [0.4, 0.5) is 0 Å². The smallest absolute Gasteiger partial charge is 0.307 e. The zero-order valence-electron chi connectivity index (χ0n) is 15.7. The second-order valence-corrected chi connectivity index (χ2v) is 6.48. The van der Waals surface area contributed by atoms with E-state index in [4.69, 9.17) is 9.15 Å². The number of hydrogen-bond donors (Lipinski definition) is 0. The molecular weight excluding hydrogens is 332 g/mol. The minimum absolute atomic E-state index is 0.105. The molecule has 26 heavy (non-hydrogen) atoms. The zero-order chi connectivity index (χ0) is 18.6. The lowest BCUT2D eigenvalue weighted by Gasteiger charge is -2.22. The number of likely N-dealkylation sites (tertiary alicyclic amines) is 1. The maximum Gasteiger partial charge on any atom is 0.307 e. The van der Waals surface area contributed by atoms with Gasteiger partial charge in [0.1, 0.15) is 5.76 Å². The van der Waals surface area contributed by atoms with Gasteiger partial charge in [0.05, 0.1) is 19.3 Å². The van der Waals surface area contributed by atoms with E-state index in [1.165, 1.54) is 32.0 Å². The van der Waals surface area contributed by atoms with Crippen LogP contribution in [0.1, 0.15) is 44.8 Å². The summed E-state index contributed by atoms with van der Waals surface area (Å²) in [6.45, 7) is 6.64. The molecule has 0 radical (unpaired) electrons. The van der Waals surface area contributed by atoms with Crippen LogP contribution < -0.4 is 0 Å². The average molecular weight is 362 g/mol. The first-order valence-corrected chi connectivity index (χ1v) is 9.57. The van der Waals surface area contributed by atoms with Gasteiger partial charge in [-0.2, -0.15) is 0 Å². The van der Waals surface area contributed by atoms with Crippen LogP contribution >= 0.6 is 0 Å². The molecular formula is C20H30N2O4. The number of carbonyl (C=O) groups excluding carboxylic acids is 2. The van der Waals surface area contributed by atoms with Gasteiger partial charge < -0.3 is 19.0 Å². The van der Waals surface area contributed by atoms with Gasteiger partial charge in [-0.3, -0.25) is 9.59 Å². The van der Waals surface area contributed by atoms with Crippen LogP contribution in [0.5, 0.6) is 0 Å². The van der Waals surface area contributed by atoms with Gasteiger partial charge >= 0.3 is 5.97 Å². The maximum atomic E-state index is 12.5. The van der Waals surface area contributed by atoms with Crippen LogP contribution in [0.3, 0.4) is 0 Å². The summed E-state index contributed by atoms with van der Waals surface area (Å²) in [5.74, 6) is 0.266. The molecule has 0 unspecified atom stereocenters. The second-order valence-electron chi connectivity index (χ2n) is 6.48. The first kappa shape index (κ1) is 20.2. The van der Waals surface area contributed by atoms with Crippen LogP contribution in [0.15, 0.2) is 28.9 Å². The molecule has 0 aliphatic carbocycles. The van der Waals surface area contributed by atoms with Crippen LogP contribution in [0, 0.1) is 0 Å². The van der Waals surface area contributed by atoms with E-state index in [2.05, 4.69) is 4.90 Å². The van der Waals surface area contributed by atoms with Crippen LogP contribution in [0.2, 0.25) is 0 Å². The van der Waals surface area contributed by atoms with Crippen molar-refractivity contribution in [3.05, 3.63) is 30.2 Å². The quantitative estimate of drug-likeness (QED) is 0.344. The van der Waals surface area contributed by atoms with E-state index in [9.17, 15) is 9.59 Å². The van der Waals surface area contributed by atoms with Gasteiger partial charge in [-0.05, 0) is 70.5 Å². The molecule has 0 N–H and O–H groups in total. The summed E-state index contributed by atoms with van der Waals surface area (Å²) in [5.41, 5.74) is 0. The Hall–Kier alpha value is -2.08. The number of amides is 1. The van der Waals surface area contributed by atoms with Crippen molar-refractivity contribution < 1.29 is 18.7 Å². The number of rotatable bonds is 11. The molecule has 6 nitrogen and oxygen atoms in total. The lowest BCUT2D eigenvalue weighted by atomic mass is 10.2. The van der Waals surface area contributed by atoms with Crippen molar-refractivity contribution in [3.8, 4) is 0 Å². The third-order valence-corrected chi connectivity index (χ3v) is 4.49. The molecule has 1 aromatic heterocycles. The molecule has 1 aliphatic heterocycles. The average Bonchev–Trinajstić information content (AvgIpc) is 3.33. The minimum atomic E-state index is -0.266. The fraction of sp³-hybridized carbons (Fsp3) is 0.600. The van der Waals surface area contributed by atoms with E-state index in [0.29, 0.717) is 25.5 Å². The molecule has 0 spiro atoms. The summed E-state index contributed by atoms with van der Waals surface area (Å²) in [6, 6.07) is 3.57. The Morgan fingerprint density at radius 1 is 1.27 bits per heavy atom. The number of furan rings is 1. The third kappa shape index (κ3) is 7.44. The molecule has 0 bridgehead atoms. The summed E-state index contributed by atoms with van der Waals surface area (Å²) < 4.78 is 10.2. The molecule has 1 saturated heterocycles. The van der Waals surface area contributed by atoms with E-state index in [1.807, 2.05) is 0 Å². The standard InChI is InChI=1S/C20H30N2O4/c1-2-25-20(24)11-16-22(15-6-5-14-21-12-3-4-13-21)19(23)10-9-18-8-7-17-26-18/h7-10,17H,2-6,11-16H2,1H3/b10-9+. The SMILES string of the molecule is CCOC(=O)CCN(CCCCN1CCCC1)C(=O)/C=C/c1ccco1. The van der Waals surface area contributed by atoms with Gasteiger partial charge in [-0.15, -0.1) is 0 Å². The van der Waals surface area contributed by atoms with Crippen molar-refractivity contribution in [2.45, 2.75) is 39.0 Å². The van der Waals surface area contributed by atoms with Crippen LogP contribution in [-0.2, 0) is 14.3 Å². The van der Waals surface area contributed by atoms with Crippen molar-refractivity contribution in [1.29, 1.82) is 0 Å². The summed E-state index contributed by atoms with van der Waals surface area (Å²) >= 11 is 0. The first-order chi connectivity index (χ1) is 12.7. The number of hydrogen-bond acceptors (Lipinski definition) is 5. The number of nitrogens with zero attached hydrogens (tertiary/aromatic N) is 2. The molecule has 0 saturated carbocycles. The highest BCUT2D eigenvalue weighted by Gasteiger charge is 2.14. The van der Waals surface area contributed by atoms with E-state index < -0.39 is 0 Å². The van der Waals surface area contributed by atoms with Crippen LogP contribution in [-0.4, -0.2) is 61.0 Å². The first-order valence-electron chi connectivity index (χ1n) is 9.57. The molecule has 0 atom stereocenters. The molecule has 6 heteroatoms. The van der Waals surface area contributed by atoms with Crippen molar-refractivity contribution in [1.82, 2.24) is 9.80 Å². The predicted octanol–water partition coefficient (Wildman–Crippen LogP) is 2.95. The Bertz CT molecular complexity index is 562.